The van der Waals surface area contributed by atoms with E-state index in [1.165, 1.54) is 23.9 Å². The highest BCUT2D eigenvalue weighted by atomic mass is 32.2. The number of hydrogen-bond donors (Lipinski definition) is 0. The van der Waals surface area contributed by atoms with E-state index in [1.807, 2.05) is 0 Å². The maximum atomic E-state index is 14.5. The molecule has 0 unspecified atom stereocenters. The van der Waals surface area contributed by atoms with Crippen molar-refractivity contribution in [2.24, 2.45) is 0 Å². The van der Waals surface area contributed by atoms with Crippen LogP contribution in [0.4, 0.5) is 17.6 Å². The Morgan fingerprint density at radius 1 is 0.933 bits per heavy atom. The van der Waals surface area contributed by atoms with Crippen molar-refractivity contribution in [3.8, 4) is 17.1 Å². The number of para-hydroxylation sites is 1. The third kappa shape index (κ3) is 4.20. The molecule has 2 aromatic heterocycles. The van der Waals surface area contributed by atoms with E-state index in [-0.39, 0.29) is 11.4 Å². The monoisotopic (exact) mass is 430 g/mol. The number of alkyl halides is 3. The first-order valence-electron chi connectivity index (χ1n) is 8.83. The molecule has 0 aliphatic heterocycles. The van der Waals surface area contributed by atoms with Crippen molar-refractivity contribution in [3.05, 3.63) is 90.0 Å². The lowest BCUT2D eigenvalue weighted by Crippen LogP contribution is -2.05. The van der Waals surface area contributed by atoms with Crippen molar-refractivity contribution in [2.75, 3.05) is 0 Å². The first-order chi connectivity index (χ1) is 14.4. The predicted octanol–water partition coefficient (Wildman–Crippen LogP) is 5.78. The number of pyridine rings is 1. The molecule has 0 aliphatic rings. The van der Waals surface area contributed by atoms with Gasteiger partial charge < -0.3 is 0 Å². The van der Waals surface area contributed by atoms with Crippen molar-refractivity contribution < 1.29 is 17.6 Å². The smallest absolute Gasteiger partial charge is 0.267 e. The zero-order chi connectivity index (χ0) is 21.1. The minimum absolute atomic E-state index is 0.212. The maximum Gasteiger partial charge on any atom is 0.416 e. The van der Waals surface area contributed by atoms with E-state index in [1.54, 1.807) is 53.4 Å². The molecule has 0 saturated carbocycles. The van der Waals surface area contributed by atoms with Gasteiger partial charge in [-0.05, 0) is 35.9 Å². The Morgan fingerprint density at radius 2 is 1.77 bits per heavy atom. The van der Waals surface area contributed by atoms with Crippen LogP contribution in [0.2, 0.25) is 0 Å². The summed E-state index contributed by atoms with van der Waals surface area (Å²) in [5, 5.41) is 8.69. The van der Waals surface area contributed by atoms with Crippen LogP contribution in [0.25, 0.3) is 17.1 Å². The van der Waals surface area contributed by atoms with Crippen LogP contribution >= 0.6 is 11.8 Å². The van der Waals surface area contributed by atoms with Crippen molar-refractivity contribution in [3.63, 3.8) is 0 Å². The summed E-state index contributed by atoms with van der Waals surface area (Å²) in [5.41, 5.74) is 0.639. The molecule has 2 aromatic carbocycles. The Hall–Kier alpha value is -3.20. The Bertz CT molecular complexity index is 1160. The lowest BCUT2D eigenvalue weighted by molar-refractivity contribution is -0.137. The number of halogens is 4. The Kier molecular flexibility index (Phi) is 5.54. The average molecular weight is 430 g/mol. The molecule has 0 fully saturated rings. The van der Waals surface area contributed by atoms with Crippen LogP contribution in [0, 0.1) is 5.82 Å². The molecule has 0 spiro atoms. The van der Waals surface area contributed by atoms with Gasteiger partial charge in [0, 0.05) is 23.7 Å². The second kappa shape index (κ2) is 8.27. The van der Waals surface area contributed by atoms with Gasteiger partial charge in [0.1, 0.15) is 5.82 Å². The number of aromatic nitrogens is 4. The van der Waals surface area contributed by atoms with Gasteiger partial charge in [-0.1, -0.05) is 42.1 Å². The van der Waals surface area contributed by atoms with Crippen LogP contribution < -0.4 is 0 Å². The molecule has 2 heterocycles. The summed E-state index contributed by atoms with van der Waals surface area (Å²) in [6.07, 6.45) is -1.22. The molecule has 0 radical (unpaired) electrons. The van der Waals surface area contributed by atoms with Gasteiger partial charge in [-0.15, -0.1) is 10.2 Å². The summed E-state index contributed by atoms with van der Waals surface area (Å²) < 4.78 is 55.0. The molecule has 4 nitrogen and oxygen atoms in total. The number of benzene rings is 2. The summed E-state index contributed by atoms with van der Waals surface area (Å²) >= 11 is 1.17. The molecule has 0 N–H and O–H groups in total. The molecule has 0 saturated heterocycles. The van der Waals surface area contributed by atoms with Gasteiger partial charge in [0.05, 0.1) is 11.3 Å². The first-order valence-corrected chi connectivity index (χ1v) is 9.82. The van der Waals surface area contributed by atoms with E-state index < -0.39 is 17.6 Å². The van der Waals surface area contributed by atoms with E-state index in [0.717, 1.165) is 12.1 Å². The SMILES string of the molecule is Fc1ccccc1-n1c(SCc2cccc(C(F)(F)F)c2)nnc1-c1cccnc1. The van der Waals surface area contributed by atoms with Crippen molar-refractivity contribution in [2.45, 2.75) is 17.1 Å². The lowest BCUT2D eigenvalue weighted by atomic mass is 10.1. The van der Waals surface area contributed by atoms with Crippen molar-refractivity contribution in [1.29, 1.82) is 0 Å². The molecule has 0 bridgehead atoms. The third-order valence-electron chi connectivity index (χ3n) is 4.27. The van der Waals surface area contributed by atoms with Gasteiger partial charge in [0.15, 0.2) is 11.0 Å². The standard InChI is InChI=1S/C21H14F4N4S/c22-17-8-1-2-9-18(17)29-19(15-6-4-10-26-12-15)27-28-20(29)30-13-14-5-3-7-16(11-14)21(23,24)25/h1-12H,13H2. The van der Waals surface area contributed by atoms with Gasteiger partial charge in [-0.25, -0.2) is 4.39 Å². The zero-order valence-corrected chi connectivity index (χ0v) is 16.2. The van der Waals surface area contributed by atoms with Crippen LogP contribution in [0.1, 0.15) is 11.1 Å². The molecule has 9 heteroatoms. The van der Waals surface area contributed by atoms with Gasteiger partial charge in [-0.2, -0.15) is 13.2 Å². The van der Waals surface area contributed by atoms with E-state index in [0.29, 0.717) is 22.1 Å². The van der Waals surface area contributed by atoms with Crippen LogP contribution in [0.5, 0.6) is 0 Å². The molecule has 0 amide bonds. The topological polar surface area (TPSA) is 43.6 Å². The number of nitrogens with zero attached hydrogens (tertiary/aromatic N) is 4. The fourth-order valence-electron chi connectivity index (χ4n) is 2.88. The normalized spacial score (nSPS) is 11.6. The molecular formula is C21H14F4N4S. The summed E-state index contributed by atoms with van der Waals surface area (Å²) in [6.45, 7) is 0. The van der Waals surface area contributed by atoms with Gasteiger partial charge in [-0.3, -0.25) is 9.55 Å². The highest BCUT2D eigenvalue weighted by molar-refractivity contribution is 7.98. The quantitative estimate of drug-likeness (QED) is 0.297. The van der Waals surface area contributed by atoms with Crippen LogP contribution in [0.15, 0.2) is 78.2 Å². The van der Waals surface area contributed by atoms with Crippen molar-refractivity contribution >= 4 is 11.8 Å². The van der Waals surface area contributed by atoms with E-state index in [9.17, 15) is 17.6 Å². The largest absolute Gasteiger partial charge is 0.416 e. The Labute approximate surface area is 173 Å². The minimum Gasteiger partial charge on any atom is -0.267 e. The zero-order valence-electron chi connectivity index (χ0n) is 15.3. The summed E-state index contributed by atoms with van der Waals surface area (Å²) in [7, 11) is 0. The molecule has 152 valence electrons. The van der Waals surface area contributed by atoms with Crippen LogP contribution in [-0.2, 0) is 11.9 Å². The fourth-order valence-corrected chi connectivity index (χ4v) is 3.77. The number of rotatable bonds is 5. The van der Waals surface area contributed by atoms with E-state index in [4.69, 9.17) is 0 Å². The highest BCUT2D eigenvalue weighted by Gasteiger charge is 2.30. The number of hydrogen-bond acceptors (Lipinski definition) is 4. The Balaban J connectivity index is 1.71. The summed E-state index contributed by atoms with van der Waals surface area (Å²) in [4.78, 5) is 4.07. The van der Waals surface area contributed by atoms with E-state index >= 15 is 0 Å². The molecule has 4 aromatic rings. The van der Waals surface area contributed by atoms with Crippen LogP contribution in [-0.4, -0.2) is 19.7 Å². The molecule has 0 atom stereocenters. The van der Waals surface area contributed by atoms with Gasteiger partial charge in [0.25, 0.3) is 0 Å². The van der Waals surface area contributed by atoms with E-state index in [2.05, 4.69) is 15.2 Å². The second-order valence-electron chi connectivity index (χ2n) is 6.32. The summed E-state index contributed by atoms with van der Waals surface area (Å²) in [5.74, 6) is 0.131. The second-order valence-corrected chi connectivity index (χ2v) is 7.26. The molecular weight excluding hydrogens is 416 g/mol. The maximum absolute atomic E-state index is 14.5. The predicted molar refractivity (Wildman–Crippen MR) is 106 cm³/mol. The van der Waals surface area contributed by atoms with Gasteiger partial charge >= 0.3 is 6.18 Å². The fraction of sp³-hybridized carbons (Fsp3) is 0.0952. The molecule has 0 aliphatic carbocycles. The lowest BCUT2D eigenvalue weighted by Gasteiger charge is -2.12. The molecule has 4 rings (SSSR count). The number of thioether (sulfide) groups is 1. The first kappa shape index (κ1) is 20.1. The molecule has 30 heavy (non-hydrogen) atoms. The Morgan fingerprint density at radius 3 is 2.50 bits per heavy atom. The highest BCUT2D eigenvalue weighted by Crippen LogP contribution is 2.33. The third-order valence-corrected chi connectivity index (χ3v) is 5.27. The summed E-state index contributed by atoms with van der Waals surface area (Å²) in [6, 6.07) is 14.8. The average Bonchev–Trinajstić information content (AvgIpc) is 3.16. The minimum atomic E-state index is -4.42. The van der Waals surface area contributed by atoms with Gasteiger partial charge in [0.2, 0.25) is 0 Å². The van der Waals surface area contributed by atoms with Crippen LogP contribution in [0.3, 0.4) is 0 Å². The van der Waals surface area contributed by atoms with Crippen molar-refractivity contribution in [1.82, 2.24) is 19.7 Å².